The number of hydrogen-bond donors (Lipinski definition) is 1. The first-order valence-corrected chi connectivity index (χ1v) is 5.20. The molecule has 1 aromatic carbocycles. The molecule has 4 heteroatoms. The van der Waals surface area contributed by atoms with E-state index in [9.17, 15) is 4.79 Å². The fourth-order valence-corrected chi connectivity index (χ4v) is 1.33. The van der Waals surface area contributed by atoms with Gasteiger partial charge in [0.2, 0.25) is 6.08 Å². The van der Waals surface area contributed by atoms with E-state index in [4.69, 9.17) is 4.74 Å². The predicted molar refractivity (Wildman–Crippen MR) is 61.9 cm³/mol. The van der Waals surface area contributed by atoms with Crippen molar-refractivity contribution in [3.63, 3.8) is 0 Å². The first-order valence-electron chi connectivity index (χ1n) is 5.20. The Morgan fingerprint density at radius 3 is 2.81 bits per heavy atom. The molecule has 0 bridgehead atoms. The maximum absolute atomic E-state index is 10.0. The molecule has 16 heavy (non-hydrogen) atoms. The average molecular weight is 220 g/mol. The lowest BCUT2D eigenvalue weighted by Crippen LogP contribution is -2.29. The number of nitrogens with one attached hydrogen (secondary N) is 1. The topological polar surface area (TPSA) is 50.7 Å². The van der Waals surface area contributed by atoms with Gasteiger partial charge >= 0.3 is 0 Å². The highest BCUT2D eigenvalue weighted by Gasteiger charge is 2.07. The fourth-order valence-electron chi connectivity index (χ4n) is 1.33. The minimum atomic E-state index is -0.0911. The molecule has 0 spiro atoms. The Kier molecular flexibility index (Phi) is 6.11. The third kappa shape index (κ3) is 4.84. The molecule has 0 aromatic heterocycles. The van der Waals surface area contributed by atoms with E-state index < -0.39 is 0 Å². The third-order valence-electron chi connectivity index (χ3n) is 2.12. The summed E-state index contributed by atoms with van der Waals surface area (Å²) in [5.41, 5.74) is 1.11. The number of ether oxygens (including phenoxy) is 1. The van der Waals surface area contributed by atoms with Crippen molar-refractivity contribution in [3.05, 3.63) is 35.9 Å². The summed E-state index contributed by atoms with van der Waals surface area (Å²) in [7, 11) is 1.84. The summed E-state index contributed by atoms with van der Waals surface area (Å²) >= 11 is 0. The molecule has 0 amide bonds. The molecule has 1 aromatic rings. The van der Waals surface area contributed by atoms with Crippen molar-refractivity contribution in [3.8, 4) is 0 Å². The zero-order chi connectivity index (χ0) is 11.6. The summed E-state index contributed by atoms with van der Waals surface area (Å²) in [4.78, 5) is 13.6. The largest absolute Gasteiger partial charge is 0.370 e. The summed E-state index contributed by atoms with van der Waals surface area (Å²) in [6, 6.07) is 9.90. The molecule has 1 atom stereocenters. The Balaban J connectivity index is 2.40. The van der Waals surface area contributed by atoms with Gasteiger partial charge in [0, 0.05) is 6.54 Å². The Morgan fingerprint density at radius 1 is 1.44 bits per heavy atom. The maximum atomic E-state index is 10.0. The SMILES string of the molecule is CNC[C@@H](CN=C=O)OCc1ccccc1. The number of benzene rings is 1. The maximum Gasteiger partial charge on any atom is 0.235 e. The molecule has 0 aliphatic carbocycles. The molecule has 0 fully saturated rings. The minimum absolute atomic E-state index is 0.0911. The van der Waals surface area contributed by atoms with Crippen LogP contribution in [0.5, 0.6) is 0 Å². The molecule has 4 nitrogen and oxygen atoms in total. The molecule has 0 saturated heterocycles. The van der Waals surface area contributed by atoms with Crippen molar-refractivity contribution in [2.24, 2.45) is 4.99 Å². The molecule has 1 N–H and O–H groups in total. The highest BCUT2D eigenvalue weighted by Crippen LogP contribution is 2.03. The highest BCUT2D eigenvalue weighted by atomic mass is 16.5. The molecule has 0 unspecified atom stereocenters. The van der Waals surface area contributed by atoms with Gasteiger partial charge in [-0.15, -0.1) is 0 Å². The molecule has 0 heterocycles. The second-order valence-corrected chi connectivity index (χ2v) is 3.41. The number of nitrogens with zero attached hydrogens (tertiary/aromatic N) is 1. The Hall–Kier alpha value is -1.48. The first kappa shape index (κ1) is 12.6. The predicted octanol–water partition coefficient (Wildman–Crippen LogP) is 1.13. The molecule has 0 saturated carbocycles. The highest BCUT2D eigenvalue weighted by molar-refractivity contribution is 5.32. The van der Waals surface area contributed by atoms with Gasteiger partial charge in [-0.05, 0) is 12.6 Å². The van der Waals surface area contributed by atoms with Crippen LogP contribution in [0.15, 0.2) is 35.3 Å². The van der Waals surface area contributed by atoms with Crippen LogP contribution in [-0.4, -0.2) is 32.3 Å². The van der Waals surface area contributed by atoms with Crippen molar-refractivity contribution in [2.75, 3.05) is 20.1 Å². The van der Waals surface area contributed by atoms with E-state index >= 15 is 0 Å². The minimum Gasteiger partial charge on any atom is -0.370 e. The summed E-state index contributed by atoms with van der Waals surface area (Å²) in [6.07, 6.45) is 1.43. The van der Waals surface area contributed by atoms with Gasteiger partial charge in [0.05, 0.1) is 19.3 Å². The van der Waals surface area contributed by atoms with Gasteiger partial charge in [-0.1, -0.05) is 30.3 Å². The molecule has 0 radical (unpaired) electrons. The van der Waals surface area contributed by atoms with E-state index in [1.54, 1.807) is 0 Å². The Bertz CT molecular complexity index is 334. The molecule has 1 rings (SSSR count). The number of isocyanates is 1. The van der Waals surface area contributed by atoms with Gasteiger partial charge in [-0.25, -0.2) is 9.79 Å². The summed E-state index contributed by atoms with van der Waals surface area (Å²) in [6.45, 7) is 1.54. The summed E-state index contributed by atoms with van der Waals surface area (Å²) < 4.78 is 5.64. The standard InChI is InChI=1S/C12H16N2O2/c1-13-7-12(8-14-10-15)16-9-11-5-3-2-4-6-11/h2-6,12-13H,7-9H2,1H3/t12-/m0/s1. The van der Waals surface area contributed by atoms with Crippen LogP contribution >= 0.6 is 0 Å². The summed E-state index contributed by atoms with van der Waals surface area (Å²) in [5, 5.41) is 3.00. The van der Waals surface area contributed by atoms with Crippen molar-refractivity contribution in [1.29, 1.82) is 0 Å². The third-order valence-corrected chi connectivity index (χ3v) is 2.12. The van der Waals surface area contributed by atoms with E-state index in [0.717, 1.165) is 5.56 Å². The zero-order valence-electron chi connectivity index (χ0n) is 9.35. The van der Waals surface area contributed by atoms with Crippen LogP contribution in [-0.2, 0) is 16.1 Å². The Morgan fingerprint density at radius 2 is 2.19 bits per heavy atom. The van der Waals surface area contributed by atoms with Gasteiger partial charge in [0.15, 0.2) is 0 Å². The van der Waals surface area contributed by atoms with Crippen molar-refractivity contribution in [1.82, 2.24) is 5.32 Å². The van der Waals surface area contributed by atoms with Gasteiger partial charge in [0.1, 0.15) is 0 Å². The molecule has 86 valence electrons. The lowest BCUT2D eigenvalue weighted by Gasteiger charge is -2.14. The van der Waals surface area contributed by atoms with Crippen LogP contribution in [0.4, 0.5) is 0 Å². The second kappa shape index (κ2) is 7.77. The summed E-state index contributed by atoms with van der Waals surface area (Å²) in [5.74, 6) is 0. The van der Waals surface area contributed by atoms with Crippen molar-refractivity contribution < 1.29 is 9.53 Å². The van der Waals surface area contributed by atoms with Gasteiger partial charge in [-0.2, -0.15) is 0 Å². The van der Waals surface area contributed by atoms with E-state index in [0.29, 0.717) is 19.7 Å². The average Bonchev–Trinajstić information content (AvgIpc) is 2.34. The number of aliphatic imine (C=N–C) groups is 1. The molecular formula is C12H16N2O2. The van der Waals surface area contributed by atoms with Crippen LogP contribution in [0, 0.1) is 0 Å². The number of likely N-dealkylation sites (N-methyl/N-ethyl adjacent to an activating group) is 1. The molecule has 0 aliphatic rings. The quantitative estimate of drug-likeness (QED) is 0.553. The fraction of sp³-hybridized carbons (Fsp3) is 0.417. The van der Waals surface area contributed by atoms with Gasteiger partial charge in [-0.3, -0.25) is 0 Å². The van der Waals surface area contributed by atoms with Crippen molar-refractivity contribution >= 4 is 6.08 Å². The normalized spacial score (nSPS) is 11.8. The van der Waals surface area contributed by atoms with E-state index in [1.807, 2.05) is 37.4 Å². The van der Waals surface area contributed by atoms with Crippen LogP contribution < -0.4 is 5.32 Å². The van der Waals surface area contributed by atoms with Crippen LogP contribution in [0.25, 0.3) is 0 Å². The lowest BCUT2D eigenvalue weighted by atomic mass is 10.2. The van der Waals surface area contributed by atoms with E-state index in [-0.39, 0.29) is 6.10 Å². The monoisotopic (exact) mass is 220 g/mol. The van der Waals surface area contributed by atoms with Crippen molar-refractivity contribution in [2.45, 2.75) is 12.7 Å². The number of carbonyl (C=O) groups excluding carboxylic acids is 1. The van der Waals surface area contributed by atoms with E-state index in [2.05, 4.69) is 10.3 Å². The van der Waals surface area contributed by atoms with Crippen LogP contribution in [0.2, 0.25) is 0 Å². The van der Waals surface area contributed by atoms with Gasteiger partial charge in [0.25, 0.3) is 0 Å². The second-order valence-electron chi connectivity index (χ2n) is 3.41. The van der Waals surface area contributed by atoms with Crippen LogP contribution in [0.1, 0.15) is 5.56 Å². The number of hydrogen-bond acceptors (Lipinski definition) is 4. The number of rotatable bonds is 7. The van der Waals surface area contributed by atoms with Gasteiger partial charge < -0.3 is 10.1 Å². The lowest BCUT2D eigenvalue weighted by molar-refractivity contribution is 0.0481. The Labute approximate surface area is 95.3 Å². The van der Waals surface area contributed by atoms with E-state index in [1.165, 1.54) is 6.08 Å². The van der Waals surface area contributed by atoms with Crippen LogP contribution in [0.3, 0.4) is 0 Å². The smallest absolute Gasteiger partial charge is 0.235 e. The zero-order valence-corrected chi connectivity index (χ0v) is 9.35. The molecule has 0 aliphatic heterocycles. The first-order chi connectivity index (χ1) is 7.86. The molecular weight excluding hydrogens is 204 g/mol.